The van der Waals surface area contributed by atoms with Crippen molar-refractivity contribution in [2.45, 2.75) is 38.0 Å². The van der Waals surface area contributed by atoms with Crippen LogP contribution in [0.1, 0.15) is 12.1 Å². The third-order valence-corrected chi connectivity index (χ3v) is 5.44. The molecule has 192 valence electrons. The van der Waals surface area contributed by atoms with Crippen molar-refractivity contribution in [1.29, 1.82) is 0 Å². The second kappa shape index (κ2) is 10.7. The summed E-state index contributed by atoms with van der Waals surface area (Å²) < 4.78 is 23.2. The van der Waals surface area contributed by atoms with Crippen LogP contribution < -0.4 is 5.73 Å². The van der Waals surface area contributed by atoms with Crippen LogP contribution in [0, 0.1) is 17.0 Å². The van der Waals surface area contributed by atoms with Crippen molar-refractivity contribution in [1.82, 2.24) is 29.1 Å². The number of nitro groups is 1. The lowest BCUT2D eigenvalue weighted by atomic mass is 10.1. The van der Waals surface area contributed by atoms with Gasteiger partial charge in [0.05, 0.1) is 19.5 Å². The molecule has 0 bridgehead atoms. The first-order valence-corrected chi connectivity index (χ1v) is 11.4. The fourth-order valence-corrected chi connectivity index (χ4v) is 3.64. The molecular weight excluding hydrogens is 495 g/mol. The molecular formula is C16H23N8O10P. The van der Waals surface area contributed by atoms with E-state index in [4.69, 9.17) is 25.4 Å². The summed E-state index contributed by atoms with van der Waals surface area (Å²) in [5.41, 5.74) is 6.25. The van der Waals surface area contributed by atoms with E-state index in [9.17, 15) is 24.9 Å². The molecule has 19 heteroatoms. The zero-order chi connectivity index (χ0) is 25.9. The van der Waals surface area contributed by atoms with Crippen LogP contribution in [0.5, 0.6) is 0 Å². The molecule has 0 aliphatic carbocycles. The van der Waals surface area contributed by atoms with E-state index in [0.717, 1.165) is 0 Å². The maximum absolute atomic E-state index is 10.7. The number of phosphoric ester groups is 1. The van der Waals surface area contributed by atoms with E-state index in [-0.39, 0.29) is 30.4 Å². The Balaban J connectivity index is 0.000000241. The Morgan fingerprint density at radius 1 is 1.26 bits per heavy atom. The summed E-state index contributed by atoms with van der Waals surface area (Å²) in [6, 6.07) is 0. The summed E-state index contributed by atoms with van der Waals surface area (Å²) in [6.07, 6.45) is -1.30. The van der Waals surface area contributed by atoms with E-state index in [1.165, 1.54) is 28.0 Å². The summed E-state index contributed by atoms with van der Waals surface area (Å²) in [5, 5.41) is 39.0. The molecule has 1 aliphatic heterocycles. The minimum absolute atomic E-state index is 0.0819. The quantitative estimate of drug-likeness (QED) is 0.115. The van der Waals surface area contributed by atoms with Crippen LogP contribution in [-0.2, 0) is 20.4 Å². The van der Waals surface area contributed by atoms with Gasteiger partial charge in [0, 0.05) is 6.92 Å². The summed E-state index contributed by atoms with van der Waals surface area (Å²) in [6.45, 7) is 1.14. The number of hydrogen-bond acceptors (Lipinski definition) is 13. The molecule has 1 fully saturated rings. The first-order valence-electron chi connectivity index (χ1n) is 9.86. The fraction of sp³-hybridized carbons (Fsp3) is 0.500. The molecule has 0 saturated carbocycles. The van der Waals surface area contributed by atoms with Crippen molar-refractivity contribution in [3.8, 4) is 0 Å². The van der Waals surface area contributed by atoms with E-state index in [0.29, 0.717) is 11.3 Å². The van der Waals surface area contributed by atoms with Crippen molar-refractivity contribution in [3.05, 3.63) is 34.8 Å². The van der Waals surface area contributed by atoms with E-state index in [2.05, 4.69) is 24.5 Å². The van der Waals surface area contributed by atoms with Gasteiger partial charge in [0.15, 0.2) is 23.5 Å². The van der Waals surface area contributed by atoms with Gasteiger partial charge in [-0.1, -0.05) is 0 Å². The Kier molecular flexibility index (Phi) is 8.08. The Labute approximate surface area is 196 Å². The zero-order valence-corrected chi connectivity index (χ0v) is 19.0. The summed E-state index contributed by atoms with van der Waals surface area (Å²) in [5.74, 6) is 0.598. The lowest BCUT2D eigenvalue weighted by Gasteiger charge is -2.16. The molecule has 0 aromatic carbocycles. The van der Waals surface area contributed by atoms with Crippen LogP contribution in [0.4, 0.5) is 11.6 Å². The molecule has 3 aromatic rings. The van der Waals surface area contributed by atoms with Gasteiger partial charge in [-0.25, -0.2) is 29.1 Å². The van der Waals surface area contributed by atoms with Gasteiger partial charge in [0.25, 0.3) is 0 Å². The number of rotatable bonds is 7. The Morgan fingerprint density at radius 3 is 2.60 bits per heavy atom. The van der Waals surface area contributed by atoms with Crippen LogP contribution in [-0.4, -0.2) is 90.6 Å². The largest absolute Gasteiger partial charge is 0.469 e. The number of aliphatic hydroxyl groups is 3. The number of hydrogen-bond donors (Lipinski definition) is 6. The predicted octanol–water partition coefficient (Wildman–Crippen LogP) is -1.77. The summed E-state index contributed by atoms with van der Waals surface area (Å²) in [7, 11) is -4.72. The number of aliphatic hydroxyl groups excluding tert-OH is 3. The maximum atomic E-state index is 10.7. The normalized spacial score (nSPS) is 22.2. The Hall–Kier alpha value is -3.09. The molecule has 0 radical (unpaired) electrons. The van der Waals surface area contributed by atoms with Gasteiger partial charge in [0.2, 0.25) is 0 Å². The molecule has 7 N–H and O–H groups in total. The number of imidazole rings is 2. The molecule has 3 aromatic heterocycles. The summed E-state index contributed by atoms with van der Waals surface area (Å²) >= 11 is 0. The molecule has 0 unspecified atom stereocenters. The van der Waals surface area contributed by atoms with Gasteiger partial charge >= 0.3 is 13.6 Å². The average Bonchev–Trinajstić information content (AvgIpc) is 3.45. The number of anilines is 1. The molecule has 35 heavy (non-hydrogen) atoms. The number of nitrogen functional groups attached to an aromatic ring is 1. The lowest BCUT2D eigenvalue weighted by molar-refractivity contribution is -0.392. The highest BCUT2D eigenvalue weighted by Gasteiger charge is 2.45. The topological polar surface area (TPSA) is 267 Å². The van der Waals surface area contributed by atoms with Crippen LogP contribution in [0.25, 0.3) is 11.2 Å². The monoisotopic (exact) mass is 518 g/mol. The Morgan fingerprint density at radius 2 is 1.97 bits per heavy atom. The molecule has 0 spiro atoms. The smallest absolute Gasteiger partial charge is 0.392 e. The highest BCUT2D eigenvalue weighted by molar-refractivity contribution is 7.46. The van der Waals surface area contributed by atoms with Gasteiger partial charge in [-0.3, -0.25) is 9.09 Å². The summed E-state index contributed by atoms with van der Waals surface area (Å²) in [4.78, 5) is 42.8. The molecule has 0 amide bonds. The van der Waals surface area contributed by atoms with Gasteiger partial charge in [-0.2, -0.15) is 0 Å². The standard InChI is InChI=1S/C10H14N5O7P.C6H9N3O3/c11-8-5-9(13-2-12-8)15(3-14-5)10-7(17)6(16)4(22-10)1-21-23(18,19)20;1-5-7-4-6(9(11)12)8(5)2-3-10/h2-4,6-7,10,16-17H,1H2,(H2,11,12,13)(H2,18,19,20);4,10H,2-3H2,1H3/t4-,6-,7-,10-;/m1./s1. The average molecular weight is 518 g/mol. The molecule has 1 saturated heterocycles. The van der Waals surface area contributed by atoms with Crippen molar-refractivity contribution in [3.63, 3.8) is 0 Å². The molecule has 4 atom stereocenters. The Bertz CT molecular complexity index is 1230. The number of aryl methyl sites for hydroxylation is 1. The molecule has 4 rings (SSSR count). The number of ether oxygens (including phenoxy) is 1. The minimum atomic E-state index is -4.72. The highest BCUT2D eigenvalue weighted by Crippen LogP contribution is 2.38. The third-order valence-electron chi connectivity index (χ3n) is 4.95. The first-order chi connectivity index (χ1) is 16.4. The molecule has 4 heterocycles. The first kappa shape index (κ1) is 26.5. The van der Waals surface area contributed by atoms with Gasteiger partial charge in [-0.15, -0.1) is 0 Å². The van der Waals surface area contributed by atoms with Crippen LogP contribution in [0.2, 0.25) is 0 Å². The fourth-order valence-electron chi connectivity index (χ4n) is 3.30. The van der Waals surface area contributed by atoms with Crippen LogP contribution in [0.3, 0.4) is 0 Å². The SMILES string of the molecule is Cc1ncc([N+](=O)[O-])n1CCO.Nc1ncnc2c1ncn2[C@@H]1O[C@H](COP(=O)(O)O)[C@@H](O)[C@H]1O. The van der Waals surface area contributed by atoms with Crippen molar-refractivity contribution < 1.29 is 43.9 Å². The minimum Gasteiger partial charge on any atom is -0.392 e. The van der Waals surface area contributed by atoms with Gasteiger partial charge in [0.1, 0.15) is 42.9 Å². The predicted molar refractivity (Wildman–Crippen MR) is 114 cm³/mol. The van der Waals surface area contributed by atoms with E-state index in [1.807, 2.05) is 0 Å². The third kappa shape index (κ3) is 5.95. The van der Waals surface area contributed by atoms with Crippen LogP contribution in [0.15, 0.2) is 18.9 Å². The number of nitrogens with zero attached hydrogens (tertiary/aromatic N) is 7. The van der Waals surface area contributed by atoms with Crippen molar-refractivity contribution in [2.24, 2.45) is 0 Å². The number of fused-ring (bicyclic) bond motifs is 1. The van der Waals surface area contributed by atoms with Gasteiger partial charge < -0.3 is 45.7 Å². The van der Waals surface area contributed by atoms with E-state index in [1.54, 1.807) is 6.92 Å². The molecule has 1 aliphatic rings. The molecule has 18 nitrogen and oxygen atoms in total. The zero-order valence-electron chi connectivity index (χ0n) is 18.1. The van der Waals surface area contributed by atoms with Crippen molar-refractivity contribution in [2.75, 3.05) is 18.9 Å². The van der Waals surface area contributed by atoms with E-state index < -0.39 is 43.9 Å². The number of nitrogens with two attached hydrogens (primary N) is 1. The lowest BCUT2D eigenvalue weighted by Crippen LogP contribution is -2.33. The highest BCUT2D eigenvalue weighted by atomic mass is 31.2. The number of aromatic nitrogens is 6. The van der Waals surface area contributed by atoms with Gasteiger partial charge in [-0.05, 0) is 4.92 Å². The second-order valence-corrected chi connectivity index (χ2v) is 8.45. The van der Waals surface area contributed by atoms with E-state index >= 15 is 0 Å². The van der Waals surface area contributed by atoms with Crippen LogP contribution >= 0.6 is 7.82 Å². The van der Waals surface area contributed by atoms with Crippen molar-refractivity contribution >= 4 is 30.6 Å². The second-order valence-electron chi connectivity index (χ2n) is 7.21. The number of phosphoric acid groups is 1. The maximum Gasteiger partial charge on any atom is 0.469 e.